The number of ketones is 1. The monoisotopic (exact) mass is 437 g/mol. The lowest BCUT2D eigenvalue weighted by atomic mass is 9.92. The molecule has 9 nitrogen and oxygen atoms in total. The SMILES string of the molecule is CC1=CC(C)=C(CNC(=O)c2nc(O[C@@H]3CCOC3)nc(-c3ccnn3C)c2C)C(=O)C1. The third-order valence-electron chi connectivity index (χ3n) is 5.70. The van der Waals surface area contributed by atoms with Crippen molar-refractivity contribution in [3.63, 3.8) is 0 Å². The molecule has 168 valence electrons. The molecule has 4 rings (SSSR count). The molecule has 0 aromatic carbocycles. The molecule has 1 aliphatic carbocycles. The van der Waals surface area contributed by atoms with Gasteiger partial charge in [-0.25, -0.2) is 0 Å². The standard InChI is InChI=1S/C23H27N5O4/c1-13-9-14(2)17(19(29)10-13)11-24-22(30)21-15(3)20(18-5-7-25-28(18)4)26-23(27-21)32-16-6-8-31-12-16/h5,7,9,16H,6,8,10-12H2,1-4H3,(H,24,30)/t16-/m1/s1. The highest BCUT2D eigenvalue weighted by molar-refractivity contribution is 6.01. The molecule has 1 N–H and O–H groups in total. The maximum atomic E-state index is 13.1. The fourth-order valence-electron chi connectivity index (χ4n) is 3.96. The quantitative estimate of drug-likeness (QED) is 0.739. The van der Waals surface area contributed by atoms with E-state index in [0.717, 1.165) is 23.3 Å². The number of carbonyl (C=O) groups excluding carboxylic acids is 2. The van der Waals surface area contributed by atoms with E-state index in [4.69, 9.17) is 9.47 Å². The number of allylic oxidation sites excluding steroid dienone is 3. The minimum Gasteiger partial charge on any atom is -0.458 e. The van der Waals surface area contributed by atoms with Gasteiger partial charge in [-0.2, -0.15) is 15.1 Å². The summed E-state index contributed by atoms with van der Waals surface area (Å²) in [6.07, 6.45) is 4.61. The van der Waals surface area contributed by atoms with Gasteiger partial charge in [0.2, 0.25) is 0 Å². The van der Waals surface area contributed by atoms with E-state index < -0.39 is 0 Å². The van der Waals surface area contributed by atoms with Gasteiger partial charge in [-0.05, 0) is 32.4 Å². The Balaban J connectivity index is 1.64. The molecule has 0 unspecified atom stereocenters. The number of rotatable bonds is 6. The zero-order chi connectivity index (χ0) is 22.8. The van der Waals surface area contributed by atoms with Gasteiger partial charge in [0.15, 0.2) is 5.78 Å². The molecule has 0 saturated carbocycles. The number of ether oxygens (including phenoxy) is 2. The van der Waals surface area contributed by atoms with E-state index in [0.29, 0.717) is 36.5 Å². The maximum Gasteiger partial charge on any atom is 0.318 e. The number of Topliss-reactive ketones (excluding diaryl/α,β-unsaturated/α-hetero) is 1. The van der Waals surface area contributed by atoms with Gasteiger partial charge in [-0.3, -0.25) is 14.3 Å². The van der Waals surface area contributed by atoms with Gasteiger partial charge in [0.1, 0.15) is 11.8 Å². The number of aromatic nitrogens is 4. The molecule has 2 aromatic rings. The van der Waals surface area contributed by atoms with Crippen LogP contribution in [0.2, 0.25) is 0 Å². The lowest BCUT2D eigenvalue weighted by Crippen LogP contribution is -2.31. The van der Waals surface area contributed by atoms with Gasteiger partial charge in [0.05, 0.1) is 24.6 Å². The van der Waals surface area contributed by atoms with Crippen LogP contribution in [0.3, 0.4) is 0 Å². The molecular formula is C23H27N5O4. The molecule has 1 fully saturated rings. The minimum atomic E-state index is -0.389. The Morgan fingerprint density at radius 2 is 2.12 bits per heavy atom. The second kappa shape index (κ2) is 9.04. The molecule has 2 aromatic heterocycles. The molecule has 0 radical (unpaired) electrons. The van der Waals surface area contributed by atoms with Crippen molar-refractivity contribution in [2.45, 2.75) is 39.7 Å². The van der Waals surface area contributed by atoms with E-state index in [9.17, 15) is 9.59 Å². The second-order valence-electron chi connectivity index (χ2n) is 8.21. The summed E-state index contributed by atoms with van der Waals surface area (Å²) in [6.45, 7) is 6.83. The van der Waals surface area contributed by atoms with Crippen LogP contribution in [0.5, 0.6) is 6.01 Å². The highest BCUT2D eigenvalue weighted by Gasteiger charge is 2.25. The molecule has 32 heavy (non-hydrogen) atoms. The summed E-state index contributed by atoms with van der Waals surface area (Å²) in [7, 11) is 1.81. The van der Waals surface area contributed by atoms with Crippen LogP contribution in [0, 0.1) is 6.92 Å². The van der Waals surface area contributed by atoms with Crippen LogP contribution >= 0.6 is 0 Å². The molecule has 9 heteroatoms. The number of nitrogens with one attached hydrogen (secondary N) is 1. The molecule has 2 aliphatic rings. The number of nitrogens with zero attached hydrogens (tertiary/aromatic N) is 4. The molecule has 1 saturated heterocycles. The summed E-state index contributed by atoms with van der Waals surface area (Å²) in [5, 5.41) is 7.06. The van der Waals surface area contributed by atoms with Crippen molar-refractivity contribution < 1.29 is 19.1 Å². The lowest BCUT2D eigenvalue weighted by molar-refractivity contribution is -0.115. The molecule has 3 heterocycles. The smallest absolute Gasteiger partial charge is 0.318 e. The number of amides is 1. The summed E-state index contributed by atoms with van der Waals surface area (Å²) in [5.74, 6) is -0.358. The fourth-order valence-corrected chi connectivity index (χ4v) is 3.96. The van der Waals surface area contributed by atoms with Crippen LogP contribution in [0.25, 0.3) is 11.4 Å². The minimum absolute atomic E-state index is 0.0306. The Bertz CT molecular complexity index is 1130. The topological polar surface area (TPSA) is 108 Å². The third-order valence-corrected chi connectivity index (χ3v) is 5.70. The van der Waals surface area contributed by atoms with Gasteiger partial charge in [-0.1, -0.05) is 11.6 Å². The first kappa shape index (κ1) is 21.9. The van der Waals surface area contributed by atoms with Gasteiger partial charge in [0.25, 0.3) is 5.91 Å². The zero-order valence-corrected chi connectivity index (χ0v) is 18.8. The van der Waals surface area contributed by atoms with Crippen molar-refractivity contribution in [2.75, 3.05) is 19.8 Å². The summed E-state index contributed by atoms with van der Waals surface area (Å²) in [6, 6.07) is 1.94. The molecule has 0 bridgehead atoms. The van der Waals surface area contributed by atoms with Gasteiger partial charge in [-0.15, -0.1) is 0 Å². The summed E-state index contributed by atoms with van der Waals surface area (Å²) >= 11 is 0. The molecule has 0 spiro atoms. The van der Waals surface area contributed by atoms with E-state index in [1.807, 2.05) is 26.0 Å². The average molecular weight is 438 g/mol. The van der Waals surface area contributed by atoms with Gasteiger partial charge < -0.3 is 14.8 Å². The van der Waals surface area contributed by atoms with Crippen LogP contribution in [-0.4, -0.2) is 57.3 Å². The highest BCUT2D eigenvalue weighted by atomic mass is 16.6. The first-order valence-corrected chi connectivity index (χ1v) is 10.6. The van der Waals surface area contributed by atoms with Crippen LogP contribution in [0.1, 0.15) is 42.7 Å². The normalized spacial score (nSPS) is 18.7. The van der Waals surface area contributed by atoms with Crippen LogP contribution in [-0.2, 0) is 16.6 Å². The summed E-state index contributed by atoms with van der Waals surface area (Å²) in [5.41, 5.74) is 4.64. The van der Waals surface area contributed by atoms with Crippen molar-refractivity contribution in [2.24, 2.45) is 7.05 Å². The lowest BCUT2D eigenvalue weighted by Gasteiger charge is -2.17. The maximum absolute atomic E-state index is 13.1. The largest absolute Gasteiger partial charge is 0.458 e. The van der Waals surface area contributed by atoms with Gasteiger partial charge in [0, 0.05) is 43.8 Å². The Hall–Kier alpha value is -3.33. The highest BCUT2D eigenvalue weighted by Crippen LogP contribution is 2.26. The van der Waals surface area contributed by atoms with E-state index >= 15 is 0 Å². The number of carbonyl (C=O) groups is 2. The van der Waals surface area contributed by atoms with Crippen molar-refractivity contribution in [1.29, 1.82) is 0 Å². The van der Waals surface area contributed by atoms with Crippen molar-refractivity contribution in [3.8, 4) is 17.4 Å². The van der Waals surface area contributed by atoms with Crippen LogP contribution in [0.15, 0.2) is 35.1 Å². The van der Waals surface area contributed by atoms with E-state index in [1.54, 1.807) is 24.9 Å². The molecule has 1 amide bonds. The second-order valence-corrected chi connectivity index (χ2v) is 8.21. The number of aryl methyl sites for hydroxylation is 1. The van der Waals surface area contributed by atoms with Crippen molar-refractivity contribution in [3.05, 3.63) is 46.3 Å². The Morgan fingerprint density at radius 3 is 2.78 bits per heavy atom. The number of hydrogen-bond donors (Lipinski definition) is 1. The van der Waals surface area contributed by atoms with E-state index in [-0.39, 0.29) is 36.0 Å². The summed E-state index contributed by atoms with van der Waals surface area (Å²) in [4.78, 5) is 34.5. The fraction of sp³-hybridized carbons (Fsp3) is 0.435. The number of hydrogen-bond acceptors (Lipinski definition) is 7. The van der Waals surface area contributed by atoms with Crippen LogP contribution in [0.4, 0.5) is 0 Å². The Kier molecular flexibility index (Phi) is 6.18. The van der Waals surface area contributed by atoms with Gasteiger partial charge >= 0.3 is 6.01 Å². The molecule has 1 aliphatic heterocycles. The average Bonchev–Trinajstić information content (AvgIpc) is 3.40. The molecular weight excluding hydrogens is 410 g/mol. The Labute approximate surface area is 186 Å². The summed E-state index contributed by atoms with van der Waals surface area (Å²) < 4.78 is 13.0. The predicted octanol–water partition coefficient (Wildman–Crippen LogP) is 2.32. The first-order chi connectivity index (χ1) is 15.3. The van der Waals surface area contributed by atoms with E-state index in [1.165, 1.54) is 0 Å². The van der Waals surface area contributed by atoms with Crippen LogP contribution < -0.4 is 10.1 Å². The zero-order valence-electron chi connectivity index (χ0n) is 18.8. The van der Waals surface area contributed by atoms with E-state index in [2.05, 4.69) is 20.4 Å². The van der Waals surface area contributed by atoms with Crippen molar-refractivity contribution >= 4 is 11.7 Å². The predicted molar refractivity (Wildman–Crippen MR) is 117 cm³/mol. The first-order valence-electron chi connectivity index (χ1n) is 10.6. The molecule has 1 atom stereocenters. The third kappa shape index (κ3) is 4.47. The van der Waals surface area contributed by atoms with Crippen molar-refractivity contribution in [1.82, 2.24) is 25.1 Å². The Morgan fingerprint density at radius 1 is 1.31 bits per heavy atom.